The van der Waals surface area contributed by atoms with Crippen molar-refractivity contribution in [2.45, 2.75) is 0 Å². The van der Waals surface area contributed by atoms with Crippen LogP contribution in [0.15, 0.2) is 18.2 Å². The minimum Gasteiger partial charge on any atom is -0.410 e. The van der Waals surface area contributed by atoms with Crippen molar-refractivity contribution in [2.24, 2.45) is 0 Å². The Hall–Kier alpha value is -1.67. The van der Waals surface area contributed by atoms with Gasteiger partial charge in [0.2, 0.25) is 0 Å². The SMILES string of the molecule is O=S(O)Nc1ccc2nnn(O)c2c1. The molecule has 1 aromatic heterocycles. The van der Waals surface area contributed by atoms with Gasteiger partial charge in [0.25, 0.3) is 11.3 Å². The molecule has 0 amide bonds. The van der Waals surface area contributed by atoms with Gasteiger partial charge in [-0.2, -0.15) is 0 Å². The van der Waals surface area contributed by atoms with Crippen molar-refractivity contribution < 1.29 is 14.0 Å². The van der Waals surface area contributed by atoms with Gasteiger partial charge in [-0.1, -0.05) is 4.85 Å². The molecule has 0 aliphatic rings. The first-order valence-electron chi connectivity index (χ1n) is 3.59. The lowest BCUT2D eigenvalue weighted by atomic mass is 10.3. The van der Waals surface area contributed by atoms with E-state index in [-0.39, 0.29) is 0 Å². The van der Waals surface area contributed by atoms with Crippen molar-refractivity contribution in [1.29, 1.82) is 0 Å². The Morgan fingerprint density at radius 1 is 1.50 bits per heavy atom. The van der Waals surface area contributed by atoms with Crippen LogP contribution in [0.5, 0.6) is 0 Å². The minimum absolute atomic E-state index is 0.362. The topological polar surface area (TPSA) is 100 Å². The first kappa shape index (κ1) is 8.91. The highest BCUT2D eigenvalue weighted by Crippen LogP contribution is 2.16. The zero-order valence-corrected chi connectivity index (χ0v) is 7.60. The van der Waals surface area contributed by atoms with Gasteiger partial charge in [0.15, 0.2) is 0 Å². The van der Waals surface area contributed by atoms with Crippen LogP contribution in [0.25, 0.3) is 11.0 Å². The number of rotatable bonds is 2. The van der Waals surface area contributed by atoms with E-state index in [2.05, 4.69) is 15.0 Å². The molecule has 0 saturated carbocycles. The molecule has 1 atom stereocenters. The number of hydrogen-bond acceptors (Lipinski definition) is 4. The van der Waals surface area contributed by atoms with E-state index in [4.69, 9.17) is 9.76 Å². The molecule has 14 heavy (non-hydrogen) atoms. The van der Waals surface area contributed by atoms with E-state index in [0.717, 1.165) is 0 Å². The Balaban J connectivity index is 2.49. The quantitative estimate of drug-likeness (QED) is 0.490. The van der Waals surface area contributed by atoms with Crippen LogP contribution in [-0.2, 0) is 11.3 Å². The molecule has 0 aliphatic carbocycles. The second-order valence-electron chi connectivity index (χ2n) is 2.53. The van der Waals surface area contributed by atoms with Crippen molar-refractivity contribution in [1.82, 2.24) is 15.2 Å². The molecule has 0 saturated heterocycles. The van der Waals surface area contributed by atoms with E-state index in [1.165, 1.54) is 6.07 Å². The molecule has 2 aromatic rings. The van der Waals surface area contributed by atoms with Gasteiger partial charge < -0.3 is 5.21 Å². The summed E-state index contributed by atoms with van der Waals surface area (Å²) in [4.78, 5) is 0.598. The zero-order chi connectivity index (χ0) is 10.1. The van der Waals surface area contributed by atoms with Crippen LogP contribution < -0.4 is 4.72 Å². The fourth-order valence-electron chi connectivity index (χ4n) is 1.07. The first-order chi connectivity index (χ1) is 6.66. The second-order valence-corrected chi connectivity index (χ2v) is 3.24. The molecule has 8 heteroatoms. The summed E-state index contributed by atoms with van der Waals surface area (Å²) in [7, 11) is 0. The maximum absolute atomic E-state index is 10.4. The summed E-state index contributed by atoms with van der Waals surface area (Å²) in [5.41, 5.74) is 1.26. The van der Waals surface area contributed by atoms with Gasteiger partial charge in [-0.25, -0.2) is 4.21 Å². The smallest absolute Gasteiger partial charge is 0.259 e. The summed E-state index contributed by atoms with van der Waals surface area (Å²) in [6.45, 7) is 0. The van der Waals surface area contributed by atoms with E-state index in [1.54, 1.807) is 12.1 Å². The van der Waals surface area contributed by atoms with Crippen LogP contribution in [0, 0.1) is 0 Å². The molecule has 3 N–H and O–H groups in total. The van der Waals surface area contributed by atoms with Gasteiger partial charge in [0, 0.05) is 0 Å². The molecule has 1 heterocycles. The normalized spacial score (nSPS) is 12.9. The Morgan fingerprint density at radius 3 is 3.00 bits per heavy atom. The first-order valence-corrected chi connectivity index (χ1v) is 4.70. The molecule has 0 bridgehead atoms. The van der Waals surface area contributed by atoms with Gasteiger partial charge in [-0.3, -0.25) is 9.27 Å². The van der Waals surface area contributed by atoms with Gasteiger partial charge in [0.1, 0.15) is 11.0 Å². The van der Waals surface area contributed by atoms with E-state index < -0.39 is 11.3 Å². The lowest BCUT2D eigenvalue weighted by molar-refractivity contribution is 0.155. The Labute approximate surface area is 80.7 Å². The molecule has 0 spiro atoms. The molecular weight excluding hydrogens is 208 g/mol. The average molecular weight is 214 g/mol. The number of nitrogens with one attached hydrogen (secondary N) is 1. The standard InChI is InChI=1S/C6H6N4O3S/c11-10-6-3-4(8-14(12)13)1-2-5(6)7-9-10/h1-3,8,11H,(H,12,13). The molecule has 0 fully saturated rings. The molecule has 1 unspecified atom stereocenters. The van der Waals surface area contributed by atoms with E-state index in [1.807, 2.05) is 0 Å². The lowest BCUT2D eigenvalue weighted by Gasteiger charge is -1.99. The predicted octanol–water partition coefficient (Wildman–Crippen LogP) is 0.217. The van der Waals surface area contributed by atoms with Crippen LogP contribution in [0.1, 0.15) is 0 Å². The summed E-state index contributed by atoms with van der Waals surface area (Å²) in [5.74, 6) is 0. The van der Waals surface area contributed by atoms with Crippen LogP contribution in [-0.4, -0.2) is 29.1 Å². The number of nitrogens with zero attached hydrogens (tertiary/aromatic N) is 3. The van der Waals surface area contributed by atoms with Crippen molar-refractivity contribution in [3.63, 3.8) is 0 Å². The summed E-state index contributed by atoms with van der Waals surface area (Å²) < 4.78 is 21.2. The molecule has 74 valence electrons. The maximum Gasteiger partial charge on any atom is 0.259 e. The molecular formula is C6H6N4O3S. The van der Waals surface area contributed by atoms with E-state index in [0.29, 0.717) is 21.6 Å². The largest absolute Gasteiger partial charge is 0.410 e. The summed E-state index contributed by atoms with van der Waals surface area (Å²) in [6, 6.07) is 4.60. The fourth-order valence-corrected chi connectivity index (χ4v) is 1.40. The van der Waals surface area contributed by atoms with E-state index in [9.17, 15) is 4.21 Å². The highest BCUT2D eigenvalue weighted by molar-refractivity contribution is 7.80. The highest BCUT2D eigenvalue weighted by atomic mass is 32.2. The minimum atomic E-state index is -2.14. The molecule has 1 aromatic carbocycles. The Bertz CT molecular complexity index is 497. The molecule has 0 radical (unpaired) electrons. The van der Waals surface area contributed by atoms with Crippen LogP contribution in [0.2, 0.25) is 0 Å². The van der Waals surface area contributed by atoms with Crippen molar-refractivity contribution in [2.75, 3.05) is 4.72 Å². The number of fused-ring (bicyclic) bond motifs is 1. The van der Waals surface area contributed by atoms with Gasteiger partial charge >= 0.3 is 0 Å². The number of hydrogen-bond donors (Lipinski definition) is 3. The number of anilines is 1. The van der Waals surface area contributed by atoms with E-state index >= 15 is 0 Å². The van der Waals surface area contributed by atoms with Crippen LogP contribution in [0.3, 0.4) is 0 Å². The second kappa shape index (κ2) is 3.24. The molecule has 7 nitrogen and oxygen atoms in total. The third-order valence-corrected chi connectivity index (χ3v) is 2.04. The average Bonchev–Trinajstić information content (AvgIpc) is 2.47. The Morgan fingerprint density at radius 2 is 2.29 bits per heavy atom. The highest BCUT2D eigenvalue weighted by Gasteiger charge is 2.04. The third-order valence-electron chi connectivity index (χ3n) is 1.63. The van der Waals surface area contributed by atoms with Crippen molar-refractivity contribution in [3.8, 4) is 0 Å². The fraction of sp³-hybridized carbons (Fsp3) is 0. The number of benzene rings is 1. The monoisotopic (exact) mass is 214 g/mol. The maximum atomic E-state index is 10.4. The van der Waals surface area contributed by atoms with Crippen molar-refractivity contribution in [3.05, 3.63) is 18.2 Å². The summed E-state index contributed by atoms with van der Waals surface area (Å²) >= 11 is -2.14. The van der Waals surface area contributed by atoms with Gasteiger partial charge in [0.05, 0.1) is 5.69 Å². The van der Waals surface area contributed by atoms with Gasteiger partial charge in [-0.15, -0.1) is 5.10 Å². The Kier molecular flexibility index (Phi) is 2.06. The molecule has 0 aliphatic heterocycles. The summed E-state index contributed by atoms with van der Waals surface area (Å²) in [5, 5.41) is 16.2. The van der Waals surface area contributed by atoms with Gasteiger partial charge in [-0.05, 0) is 23.4 Å². The van der Waals surface area contributed by atoms with Crippen LogP contribution >= 0.6 is 0 Å². The summed E-state index contributed by atoms with van der Waals surface area (Å²) in [6.07, 6.45) is 0. The van der Waals surface area contributed by atoms with Crippen molar-refractivity contribution >= 4 is 28.0 Å². The third kappa shape index (κ3) is 1.52. The predicted molar refractivity (Wildman–Crippen MR) is 49.1 cm³/mol. The molecule has 2 rings (SSSR count). The van der Waals surface area contributed by atoms with Crippen LogP contribution in [0.4, 0.5) is 5.69 Å². The lowest BCUT2D eigenvalue weighted by Crippen LogP contribution is -2.01. The number of aromatic nitrogens is 3. The zero-order valence-electron chi connectivity index (χ0n) is 6.78.